The molecule has 2 nitrogen and oxygen atoms in total. The molecule has 0 bridgehead atoms. The van der Waals surface area contributed by atoms with Gasteiger partial charge in [0, 0.05) is 5.92 Å². The lowest BCUT2D eigenvalue weighted by atomic mass is 9.95. The Labute approximate surface area is 91.3 Å². The van der Waals surface area contributed by atoms with Gasteiger partial charge in [0.15, 0.2) is 0 Å². The van der Waals surface area contributed by atoms with E-state index in [1.165, 1.54) is 5.56 Å². The van der Waals surface area contributed by atoms with Gasteiger partial charge < -0.3 is 9.53 Å². The van der Waals surface area contributed by atoms with Crippen LogP contribution in [0, 0.1) is 0 Å². The van der Waals surface area contributed by atoms with Crippen LogP contribution >= 0.6 is 0 Å². The number of aryl methyl sites for hydroxylation is 1. The van der Waals surface area contributed by atoms with Gasteiger partial charge in [-0.05, 0) is 36.6 Å². The van der Waals surface area contributed by atoms with E-state index in [4.69, 9.17) is 4.74 Å². The van der Waals surface area contributed by atoms with Crippen LogP contribution in [0.4, 0.5) is 0 Å². The highest BCUT2D eigenvalue weighted by molar-refractivity contribution is 5.63. The van der Waals surface area contributed by atoms with Crippen molar-refractivity contribution in [1.82, 2.24) is 0 Å². The summed E-state index contributed by atoms with van der Waals surface area (Å²) in [6.07, 6.45) is 1.92. The van der Waals surface area contributed by atoms with Gasteiger partial charge in [0.25, 0.3) is 0 Å². The van der Waals surface area contributed by atoms with Gasteiger partial charge >= 0.3 is 0 Å². The summed E-state index contributed by atoms with van der Waals surface area (Å²) in [6.45, 7) is 6.62. The van der Waals surface area contributed by atoms with Gasteiger partial charge in [-0.1, -0.05) is 19.9 Å². The lowest BCUT2D eigenvalue weighted by Gasteiger charge is -2.12. The van der Waals surface area contributed by atoms with E-state index in [-0.39, 0.29) is 5.92 Å². The lowest BCUT2D eigenvalue weighted by molar-refractivity contribution is -0.108. The zero-order chi connectivity index (χ0) is 11.3. The molecule has 0 fully saturated rings. The summed E-state index contributed by atoms with van der Waals surface area (Å²) < 4.78 is 5.42. The molecular weight excluding hydrogens is 188 g/mol. The highest BCUT2D eigenvalue weighted by atomic mass is 16.5. The Hall–Kier alpha value is -1.31. The number of hydrogen-bond acceptors (Lipinski definition) is 2. The van der Waals surface area contributed by atoms with Gasteiger partial charge in [-0.3, -0.25) is 0 Å². The number of aldehydes is 1. The summed E-state index contributed by atoms with van der Waals surface area (Å²) in [7, 11) is 0. The number of carbonyl (C=O) groups is 1. The van der Waals surface area contributed by atoms with E-state index >= 15 is 0 Å². The quantitative estimate of drug-likeness (QED) is 0.692. The third-order valence-corrected chi connectivity index (χ3v) is 2.50. The molecule has 0 aromatic heterocycles. The number of ether oxygens (including phenoxy) is 1. The molecule has 1 rings (SSSR count). The van der Waals surface area contributed by atoms with Crippen LogP contribution in [0.1, 0.15) is 37.8 Å². The van der Waals surface area contributed by atoms with E-state index in [2.05, 4.69) is 6.92 Å². The Morgan fingerprint density at radius 1 is 1.40 bits per heavy atom. The smallest absolute Gasteiger partial charge is 0.127 e. The summed E-state index contributed by atoms with van der Waals surface area (Å²) >= 11 is 0. The average Bonchev–Trinajstić information content (AvgIpc) is 2.28. The fourth-order valence-electron chi connectivity index (χ4n) is 1.65. The van der Waals surface area contributed by atoms with Crippen LogP contribution in [-0.2, 0) is 11.2 Å². The zero-order valence-electron chi connectivity index (χ0n) is 9.62. The Kier molecular flexibility index (Phi) is 4.35. The van der Waals surface area contributed by atoms with Crippen LogP contribution in [0.2, 0.25) is 0 Å². The molecule has 0 aliphatic carbocycles. The number of benzene rings is 1. The van der Waals surface area contributed by atoms with Gasteiger partial charge in [-0.15, -0.1) is 0 Å². The highest BCUT2D eigenvalue weighted by Gasteiger charge is 2.09. The maximum atomic E-state index is 10.8. The molecule has 82 valence electrons. The molecule has 0 spiro atoms. The second-order valence-electron chi connectivity index (χ2n) is 3.57. The van der Waals surface area contributed by atoms with Gasteiger partial charge in [-0.25, -0.2) is 0 Å². The van der Waals surface area contributed by atoms with Crippen LogP contribution < -0.4 is 4.74 Å². The summed E-state index contributed by atoms with van der Waals surface area (Å²) in [4.78, 5) is 10.8. The predicted molar refractivity (Wildman–Crippen MR) is 61.5 cm³/mol. The van der Waals surface area contributed by atoms with Crippen molar-refractivity contribution in [2.45, 2.75) is 33.1 Å². The van der Waals surface area contributed by atoms with Gasteiger partial charge in [-0.2, -0.15) is 0 Å². The molecule has 0 saturated heterocycles. The van der Waals surface area contributed by atoms with E-state index in [9.17, 15) is 4.79 Å². The molecule has 0 saturated carbocycles. The zero-order valence-corrected chi connectivity index (χ0v) is 9.62. The predicted octanol–water partition coefficient (Wildman–Crippen LogP) is 2.95. The number of rotatable bonds is 5. The molecule has 0 aliphatic rings. The normalized spacial score (nSPS) is 12.2. The molecule has 1 atom stereocenters. The van der Waals surface area contributed by atoms with Gasteiger partial charge in [0.05, 0.1) is 6.61 Å². The highest BCUT2D eigenvalue weighted by Crippen LogP contribution is 2.24. The standard InChI is InChI=1S/C13H18O2/c1-4-11-6-7-12(15-5-2)8-13(11)10(3)9-14/h6-10H,4-5H2,1-3H3. The van der Waals surface area contributed by atoms with E-state index < -0.39 is 0 Å². The summed E-state index contributed by atoms with van der Waals surface area (Å²) in [5, 5.41) is 0. The first-order chi connectivity index (χ1) is 7.22. The summed E-state index contributed by atoms with van der Waals surface area (Å²) in [5.74, 6) is 0.791. The van der Waals surface area contributed by atoms with Crippen molar-refractivity contribution >= 4 is 6.29 Å². The van der Waals surface area contributed by atoms with Crippen LogP contribution in [-0.4, -0.2) is 12.9 Å². The number of hydrogen-bond donors (Lipinski definition) is 0. The Balaban J connectivity index is 3.06. The van der Waals surface area contributed by atoms with Crippen LogP contribution in [0.25, 0.3) is 0 Å². The third-order valence-electron chi connectivity index (χ3n) is 2.50. The van der Waals surface area contributed by atoms with Crippen molar-refractivity contribution in [1.29, 1.82) is 0 Å². The van der Waals surface area contributed by atoms with Crippen molar-refractivity contribution < 1.29 is 9.53 Å². The third kappa shape index (κ3) is 2.82. The fraction of sp³-hybridized carbons (Fsp3) is 0.462. The maximum Gasteiger partial charge on any atom is 0.127 e. The monoisotopic (exact) mass is 206 g/mol. The number of carbonyl (C=O) groups excluding carboxylic acids is 1. The van der Waals surface area contributed by atoms with Crippen LogP contribution in [0.15, 0.2) is 18.2 Å². The first kappa shape index (κ1) is 11.8. The summed E-state index contributed by atoms with van der Waals surface area (Å²) in [5.41, 5.74) is 2.30. The average molecular weight is 206 g/mol. The molecule has 15 heavy (non-hydrogen) atoms. The maximum absolute atomic E-state index is 10.8. The van der Waals surface area contributed by atoms with Crippen molar-refractivity contribution in [3.05, 3.63) is 29.3 Å². The van der Waals surface area contributed by atoms with E-state index in [0.717, 1.165) is 24.0 Å². The molecule has 1 aromatic carbocycles. The van der Waals surface area contributed by atoms with E-state index in [1.54, 1.807) is 0 Å². The van der Waals surface area contributed by atoms with Crippen LogP contribution in [0.5, 0.6) is 5.75 Å². The largest absolute Gasteiger partial charge is 0.494 e. The van der Waals surface area contributed by atoms with Crippen LogP contribution in [0.3, 0.4) is 0 Å². The van der Waals surface area contributed by atoms with Crippen molar-refractivity contribution in [3.8, 4) is 5.75 Å². The Morgan fingerprint density at radius 3 is 2.67 bits per heavy atom. The Morgan fingerprint density at radius 2 is 2.13 bits per heavy atom. The first-order valence-corrected chi connectivity index (χ1v) is 5.43. The van der Waals surface area contributed by atoms with E-state index in [1.807, 2.05) is 32.0 Å². The molecule has 0 N–H and O–H groups in total. The molecule has 0 amide bonds. The molecule has 0 aliphatic heterocycles. The first-order valence-electron chi connectivity index (χ1n) is 5.43. The Bertz CT molecular complexity index is 331. The second kappa shape index (κ2) is 5.54. The molecular formula is C13H18O2. The molecule has 1 unspecified atom stereocenters. The van der Waals surface area contributed by atoms with Crippen molar-refractivity contribution in [2.24, 2.45) is 0 Å². The minimum Gasteiger partial charge on any atom is -0.494 e. The molecule has 0 heterocycles. The minimum absolute atomic E-state index is 0.0552. The minimum atomic E-state index is -0.0552. The van der Waals surface area contributed by atoms with Gasteiger partial charge in [0.2, 0.25) is 0 Å². The molecule has 0 radical (unpaired) electrons. The SMILES string of the molecule is CCOc1ccc(CC)c(C(C)C=O)c1. The lowest BCUT2D eigenvalue weighted by Crippen LogP contribution is -2.01. The summed E-state index contributed by atoms with van der Waals surface area (Å²) in [6, 6.07) is 5.98. The van der Waals surface area contributed by atoms with Gasteiger partial charge in [0.1, 0.15) is 12.0 Å². The molecule has 1 aromatic rings. The molecule has 2 heteroatoms. The topological polar surface area (TPSA) is 26.3 Å². The second-order valence-corrected chi connectivity index (χ2v) is 3.57. The fourth-order valence-corrected chi connectivity index (χ4v) is 1.65. The van der Waals surface area contributed by atoms with Crippen molar-refractivity contribution in [2.75, 3.05) is 6.61 Å². The van der Waals surface area contributed by atoms with E-state index in [0.29, 0.717) is 6.61 Å². The van der Waals surface area contributed by atoms with Crippen molar-refractivity contribution in [3.63, 3.8) is 0 Å².